The van der Waals surface area contributed by atoms with Crippen molar-refractivity contribution in [3.05, 3.63) is 29.3 Å². The second-order valence-corrected chi connectivity index (χ2v) is 3.45. The van der Waals surface area contributed by atoms with Crippen molar-refractivity contribution in [3.63, 3.8) is 0 Å². The molecular formula is C11H16ClNO3. The summed E-state index contributed by atoms with van der Waals surface area (Å²) in [5, 5.41) is 9.45. The predicted molar refractivity (Wildman–Crippen MR) is 63.8 cm³/mol. The molecule has 90 valence electrons. The molecular weight excluding hydrogens is 230 g/mol. The molecule has 0 amide bonds. The van der Waals surface area contributed by atoms with Crippen molar-refractivity contribution in [2.24, 2.45) is 5.73 Å². The number of phenolic OH excluding ortho intramolecular Hbond substituents is 1. The van der Waals surface area contributed by atoms with Crippen LogP contribution < -0.4 is 5.73 Å². The average molecular weight is 246 g/mol. The Kier molecular flexibility index (Phi) is 5.85. The lowest BCUT2D eigenvalue weighted by molar-refractivity contribution is -0.142. The first-order valence-corrected chi connectivity index (χ1v) is 4.66. The van der Waals surface area contributed by atoms with Crippen molar-refractivity contribution in [1.82, 2.24) is 0 Å². The van der Waals surface area contributed by atoms with E-state index in [2.05, 4.69) is 4.74 Å². The van der Waals surface area contributed by atoms with E-state index >= 15 is 0 Å². The van der Waals surface area contributed by atoms with E-state index in [0.717, 1.165) is 11.1 Å². The summed E-state index contributed by atoms with van der Waals surface area (Å²) in [5.41, 5.74) is 7.20. The Bertz CT molecular complexity index is 368. The summed E-state index contributed by atoms with van der Waals surface area (Å²) in [6, 6.07) is 4.54. The van der Waals surface area contributed by atoms with Gasteiger partial charge < -0.3 is 15.6 Å². The van der Waals surface area contributed by atoms with E-state index in [-0.39, 0.29) is 18.2 Å². The number of ether oxygens (including phenoxy) is 1. The molecule has 0 aliphatic rings. The van der Waals surface area contributed by atoms with Gasteiger partial charge in [-0.05, 0) is 30.5 Å². The van der Waals surface area contributed by atoms with Crippen molar-refractivity contribution in [2.45, 2.75) is 19.4 Å². The molecule has 0 saturated heterocycles. The molecule has 1 aromatic rings. The maximum absolute atomic E-state index is 11.1. The first-order valence-electron chi connectivity index (χ1n) is 4.66. The van der Waals surface area contributed by atoms with Gasteiger partial charge in [0, 0.05) is 0 Å². The molecule has 1 atom stereocenters. The third-order valence-electron chi connectivity index (χ3n) is 2.23. The summed E-state index contributed by atoms with van der Waals surface area (Å²) in [7, 11) is 1.30. The molecule has 0 unspecified atom stereocenters. The molecule has 0 aromatic heterocycles. The summed E-state index contributed by atoms with van der Waals surface area (Å²) in [6.45, 7) is 1.80. The van der Waals surface area contributed by atoms with E-state index in [9.17, 15) is 9.90 Å². The van der Waals surface area contributed by atoms with Crippen molar-refractivity contribution in [3.8, 4) is 5.75 Å². The maximum atomic E-state index is 11.1. The highest BCUT2D eigenvalue weighted by Crippen LogP contribution is 2.18. The largest absolute Gasteiger partial charge is 0.508 e. The highest BCUT2D eigenvalue weighted by molar-refractivity contribution is 5.85. The lowest BCUT2D eigenvalue weighted by Crippen LogP contribution is -2.33. The number of rotatable bonds is 3. The van der Waals surface area contributed by atoms with Crippen LogP contribution in [0, 0.1) is 6.92 Å². The highest BCUT2D eigenvalue weighted by atomic mass is 35.5. The van der Waals surface area contributed by atoms with Crippen molar-refractivity contribution < 1.29 is 14.6 Å². The molecule has 3 N–H and O–H groups in total. The minimum atomic E-state index is -0.683. The van der Waals surface area contributed by atoms with E-state index < -0.39 is 12.0 Å². The fourth-order valence-electron chi connectivity index (χ4n) is 1.27. The zero-order chi connectivity index (χ0) is 11.4. The minimum Gasteiger partial charge on any atom is -0.508 e. The summed E-state index contributed by atoms with van der Waals surface area (Å²) in [5.74, 6) is -0.236. The lowest BCUT2D eigenvalue weighted by Gasteiger charge is -2.09. The number of methoxy groups -OCH3 is 1. The zero-order valence-electron chi connectivity index (χ0n) is 9.27. The number of carbonyl (C=O) groups is 1. The van der Waals surface area contributed by atoms with Crippen LogP contribution in [-0.4, -0.2) is 24.2 Å². The molecule has 4 nitrogen and oxygen atoms in total. The molecule has 1 aromatic carbocycles. The van der Waals surface area contributed by atoms with Crippen molar-refractivity contribution in [1.29, 1.82) is 0 Å². The maximum Gasteiger partial charge on any atom is 0.322 e. The van der Waals surface area contributed by atoms with Crippen LogP contribution in [0.15, 0.2) is 18.2 Å². The molecule has 0 spiro atoms. The first kappa shape index (κ1) is 14.7. The van der Waals surface area contributed by atoms with Crippen LogP contribution >= 0.6 is 12.4 Å². The first-order chi connectivity index (χ1) is 7.04. The molecule has 0 aliphatic carbocycles. The van der Waals surface area contributed by atoms with Gasteiger partial charge in [-0.25, -0.2) is 0 Å². The van der Waals surface area contributed by atoms with Gasteiger partial charge in [-0.2, -0.15) is 0 Å². The van der Waals surface area contributed by atoms with E-state index in [0.29, 0.717) is 6.42 Å². The molecule has 0 heterocycles. The third kappa shape index (κ3) is 3.72. The SMILES string of the molecule is COC(=O)[C@@H](N)Cc1ccc(C)c(O)c1.Cl. The quantitative estimate of drug-likeness (QED) is 0.784. The molecule has 0 radical (unpaired) electrons. The Labute approximate surface area is 101 Å². The number of aryl methyl sites for hydroxylation is 1. The Morgan fingerprint density at radius 2 is 2.19 bits per heavy atom. The number of phenols is 1. The van der Waals surface area contributed by atoms with Gasteiger partial charge in [0.25, 0.3) is 0 Å². The number of aromatic hydroxyl groups is 1. The summed E-state index contributed by atoms with van der Waals surface area (Å²) in [4.78, 5) is 11.1. The lowest BCUT2D eigenvalue weighted by atomic mass is 10.0. The number of nitrogens with two attached hydrogens (primary N) is 1. The summed E-state index contributed by atoms with van der Waals surface area (Å²) >= 11 is 0. The van der Waals surface area contributed by atoms with Gasteiger partial charge in [0.05, 0.1) is 7.11 Å². The third-order valence-corrected chi connectivity index (χ3v) is 2.23. The number of hydrogen-bond donors (Lipinski definition) is 2. The van der Waals surface area contributed by atoms with Crippen LogP contribution in [0.3, 0.4) is 0 Å². The second-order valence-electron chi connectivity index (χ2n) is 3.45. The summed E-state index contributed by atoms with van der Waals surface area (Å²) in [6.07, 6.45) is 0.362. The van der Waals surface area contributed by atoms with Crippen molar-refractivity contribution in [2.75, 3.05) is 7.11 Å². The van der Waals surface area contributed by atoms with Crippen molar-refractivity contribution >= 4 is 18.4 Å². The fourth-order valence-corrected chi connectivity index (χ4v) is 1.27. The van der Waals surface area contributed by atoms with Crippen LogP contribution in [0.2, 0.25) is 0 Å². The van der Waals surface area contributed by atoms with Crippen LogP contribution in [-0.2, 0) is 16.0 Å². The Balaban J connectivity index is 0.00000225. The van der Waals surface area contributed by atoms with Gasteiger partial charge in [0.1, 0.15) is 11.8 Å². The Morgan fingerprint density at radius 3 is 2.69 bits per heavy atom. The van der Waals surface area contributed by atoms with E-state index in [4.69, 9.17) is 5.73 Å². The number of carbonyl (C=O) groups excluding carboxylic acids is 1. The predicted octanol–water partition coefficient (Wildman–Crippen LogP) is 1.17. The monoisotopic (exact) mass is 245 g/mol. The number of benzene rings is 1. The average Bonchev–Trinajstić information content (AvgIpc) is 2.22. The molecule has 0 fully saturated rings. The molecule has 0 bridgehead atoms. The smallest absolute Gasteiger partial charge is 0.322 e. The normalized spacial score (nSPS) is 11.4. The standard InChI is InChI=1S/C11H15NO3.ClH/c1-7-3-4-8(6-10(7)13)5-9(12)11(14)15-2;/h3-4,6,9,13H,5,12H2,1-2H3;1H/t9-;/m0./s1. The van der Waals surface area contributed by atoms with Gasteiger partial charge in [-0.15, -0.1) is 12.4 Å². The Hall–Kier alpha value is -1.26. The molecule has 16 heavy (non-hydrogen) atoms. The van der Waals surface area contributed by atoms with Gasteiger partial charge in [0.2, 0.25) is 0 Å². The second kappa shape index (κ2) is 6.35. The van der Waals surface area contributed by atoms with E-state index in [1.807, 2.05) is 6.07 Å². The van der Waals surface area contributed by atoms with Crippen LogP contribution in [0.5, 0.6) is 5.75 Å². The van der Waals surface area contributed by atoms with Crippen LogP contribution in [0.4, 0.5) is 0 Å². The zero-order valence-corrected chi connectivity index (χ0v) is 10.1. The van der Waals surface area contributed by atoms with E-state index in [1.165, 1.54) is 7.11 Å². The number of hydrogen-bond acceptors (Lipinski definition) is 4. The molecule has 5 heteroatoms. The topological polar surface area (TPSA) is 72.5 Å². The highest BCUT2D eigenvalue weighted by Gasteiger charge is 2.14. The number of halogens is 1. The van der Waals surface area contributed by atoms with Gasteiger partial charge in [0.15, 0.2) is 0 Å². The van der Waals surface area contributed by atoms with Crippen LogP contribution in [0.1, 0.15) is 11.1 Å². The number of esters is 1. The van der Waals surface area contributed by atoms with E-state index in [1.54, 1.807) is 19.1 Å². The molecule has 0 aliphatic heterocycles. The van der Waals surface area contributed by atoms with Gasteiger partial charge in [-0.3, -0.25) is 4.79 Å². The fraction of sp³-hybridized carbons (Fsp3) is 0.364. The van der Waals surface area contributed by atoms with Gasteiger partial charge in [-0.1, -0.05) is 12.1 Å². The Morgan fingerprint density at radius 1 is 1.56 bits per heavy atom. The minimum absolute atomic E-state index is 0. The summed E-state index contributed by atoms with van der Waals surface area (Å²) < 4.78 is 4.51. The molecule has 0 saturated carbocycles. The molecule has 1 rings (SSSR count). The van der Waals surface area contributed by atoms with Gasteiger partial charge >= 0.3 is 5.97 Å². The van der Waals surface area contributed by atoms with Crippen LogP contribution in [0.25, 0.3) is 0 Å².